The van der Waals surface area contributed by atoms with Crippen molar-refractivity contribution in [1.82, 2.24) is 10.2 Å². The van der Waals surface area contributed by atoms with Crippen molar-refractivity contribution in [1.29, 1.82) is 0 Å². The van der Waals surface area contributed by atoms with Crippen LogP contribution in [0.5, 0.6) is 0 Å². The first-order valence-electron chi connectivity index (χ1n) is 9.86. The smallest absolute Gasteiger partial charge is 0.371 e. The highest BCUT2D eigenvalue weighted by molar-refractivity contribution is 5.75. The summed E-state index contributed by atoms with van der Waals surface area (Å²) in [6.45, 7) is 3.50. The summed E-state index contributed by atoms with van der Waals surface area (Å²) in [6, 6.07) is 5.00. The fourth-order valence-electron chi connectivity index (χ4n) is 5.01. The third-order valence-electron chi connectivity index (χ3n) is 6.51. The van der Waals surface area contributed by atoms with Crippen LogP contribution in [0.4, 0.5) is 28.0 Å². The van der Waals surface area contributed by atoms with Crippen LogP contribution in [0.2, 0.25) is 0 Å². The topological polar surface area (TPSA) is 35.6 Å². The molecule has 0 spiro atoms. The minimum Gasteiger partial charge on any atom is -0.371 e. The Labute approximate surface area is 161 Å². The van der Waals surface area contributed by atoms with Gasteiger partial charge in [0.15, 0.2) is 0 Å². The molecule has 3 fully saturated rings. The van der Waals surface area contributed by atoms with Gasteiger partial charge in [0.1, 0.15) is 6.17 Å². The van der Waals surface area contributed by atoms with Crippen molar-refractivity contribution in [2.24, 2.45) is 11.8 Å². The molecule has 0 radical (unpaired) electrons. The molecule has 2 amide bonds. The third-order valence-corrected chi connectivity index (χ3v) is 6.51. The molecule has 28 heavy (non-hydrogen) atoms. The van der Waals surface area contributed by atoms with E-state index in [0.717, 1.165) is 37.2 Å². The number of urea groups is 1. The van der Waals surface area contributed by atoms with Gasteiger partial charge in [-0.25, -0.2) is 9.18 Å². The van der Waals surface area contributed by atoms with Gasteiger partial charge >= 0.3 is 12.2 Å². The number of alkyl halides is 4. The van der Waals surface area contributed by atoms with E-state index in [1.807, 2.05) is 6.92 Å². The van der Waals surface area contributed by atoms with Crippen molar-refractivity contribution >= 4 is 11.7 Å². The van der Waals surface area contributed by atoms with E-state index in [-0.39, 0.29) is 30.6 Å². The maximum Gasteiger partial charge on any atom is 0.416 e. The number of benzene rings is 1. The van der Waals surface area contributed by atoms with Gasteiger partial charge in [-0.15, -0.1) is 0 Å². The summed E-state index contributed by atoms with van der Waals surface area (Å²) >= 11 is 0. The van der Waals surface area contributed by atoms with Crippen LogP contribution in [0.1, 0.15) is 31.7 Å². The van der Waals surface area contributed by atoms with Gasteiger partial charge in [-0.2, -0.15) is 13.2 Å². The Balaban J connectivity index is 1.38. The van der Waals surface area contributed by atoms with Gasteiger partial charge < -0.3 is 15.1 Å². The van der Waals surface area contributed by atoms with E-state index >= 15 is 0 Å². The number of carbonyl (C=O) groups is 1. The molecule has 0 bridgehead atoms. The molecule has 4 rings (SSSR count). The summed E-state index contributed by atoms with van der Waals surface area (Å²) < 4.78 is 51.8. The summed E-state index contributed by atoms with van der Waals surface area (Å²) in [6.07, 6.45) is -3.04. The van der Waals surface area contributed by atoms with Crippen LogP contribution in [0.25, 0.3) is 0 Å². The molecule has 2 saturated heterocycles. The van der Waals surface area contributed by atoms with Crippen LogP contribution < -0.4 is 10.2 Å². The Kier molecular flexibility index (Phi) is 4.91. The molecular weight excluding hydrogens is 374 g/mol. The molecule has 5 atom stereocenters. The summed E-state index contributed by atoms with van der Waals surface area (Å²) in [5.74, 6) is 0.683. The molecule has 154 valence electrons. The zero-order valence-corrected chi connectivity index (χ0v) is 15.8. The Bertz CT molecular complexity index is 723. The molecule has 1 aromatic carbocycles. The standard InChI is InChI=1S/C20H25F4N3O/c1-12-8-15(21)10-27(12)19(28)25-18-7-2-13-9-26(11-17(13)18)16-5-3-14(4-6-16)20(22,23)24/h3-6,12-13,15,17-18H,2,7-11H2,1H3,(H,25,28)/t12?,13-,15+,17+,18+/m1/s1. The lowest BCUT2D eigenvalue weighted by atomic mass is 9.98. The highest BCUT2D eigenvalue weighted by Crippen LogP contribution is 2.40. The second-order valence-electron chi connectivity index (χ2n) is 8.34. The second-order valence-corrected chi connectivity index (χ2v) is 8.34. The molecule has 1 unspecified atom stereocenters. The van der Waals surface area contributed by atoms with E-state index < -0.39 is 17.9 Å². The van der Waals surface area contributed by atoms with E-state index in [9.17, 15) is 22.4 Å². The fourth-order valence-corrected chi connectivity index (χ4v) is 5.01. The molecule has 1 aromatic rings. The summed E-state index contributed by atoms with van der Waals surface area (Å²) in [7, 11) is 0. The summed E-state index contributed by atoms with van der Waals surface area (Å²) in [4.78, 5) is 16.2. The molecule has 2 heterocycles. The number of nitrogens with zero attached hydrogens (tertiary/aromatic N) is 2. The Morgan fingerprint density at radius 2 is 1.82 bits per heavy atom. The number of anilines is 1. The van der Waals surface area contributed by atoms with Gasteiger partial charge in [0.05, 0.1) is 12.1 Å². The number of carbonyl (C=O) groups excluding carboxylic acids is 1. The fraction of sp³-hybridized carbons (Fsp3) is 0.650. The molecule has 1 aliphatic carbocycles. The first-order valence-corrected chi connectivity index (χ1v) is 9.86. The van der Waals surface area contributed by atoms with Crippen LogP contribution in [0.15, 0.2) is 24.3 Å². The van der Waals surface area contributed by atoms with Crippen molar-refractivity contribution in [2.45, 2.75) is 50.6 Å². The van der Waals surface area contributed by atoms with E-state index in [0.29, 0.717) is 18.9 Å². The van der Waals surface area contributed by atoms with E-state index in [2.05, 4.69) is 10.2 Å². The molecule has 2 aliphatic heterocycles. The van der Waals surface area contributed by atoms with E-state index in [1.165, 1.54) is 12.1 Å². The van der Waals surface area contributed by atoms with E-state index in [1.54, 1.807) is 4.90 Å². The average molecular weight is 399 g/mol. The van der Waals surface area contributed by atoms with Gasteiger partial charge in [0.2, 0.25) is 0 Å². The van der Waals surface area contributed by atoms with Gasteiger partial charge in [0, 0.05) is 43.2 Å². The number of hydrogen-bond acceptors (Lipinski definition) is 2. The minimum absolute atomic E-state index is 0.0304. The van der Waals surface area contributed by atoms with Crippen molar-refractivity contribution in [3.05, 3.63) is 29.8 Å². The van der Waals surface area contributed by atoms with Crippen LogP contribution in [0, 0.1) is 11.8 Å². The van der Waals surface area contributed by atoms with Crippen molar-refractivity contribution in [3.8, 4) is 0 Å². The molecule has 0 aromatic heterocycles. The zero-order valence-electron chi connectivity index (χ0n) is 15.8. The zero-order chi connectivity index (χ0) is 20.1. The highest BCUT2D eigenvalue weighted by atomic mass is 19.4. The number of hydrogen-bond donors (Lipinski definition) is 1. The van der Waals surface area contributed by atoms with Crippen LogP contribution in [-0.2, 0) is 6.18 Å². The van der Waals surface area contributed by atoms with Crippen molar-refractivity contribution in [2.75, 3.05) is 24.5 Å². The van der Waals surface area contributed by atoms with Gasteiger partial charge in [-0.05, 0) is 49.9 Å². The van der Waals surface area contributed by atoms with Crippen LogP contribution in [-0.4, -0.2) is 48.8 Å². The minimum atomic E-state index is -4.33. The molecule has 3 aliphatic rings. The number of likely N-dealkylation sites (tertiary alicyclic amines) is 1. The molecule has 1 saturated carbocycles. The predicted octanol–water partition coefficient (Wildman–Crippen LogP) is 4.06. The number of fused-ring (bicyclic) bond motifs is 1. The summed E-state index contributed by atoms with van der Waals surface area (Å²) in [5.41, 5.74) is 0.132. The number of rotatable bonds is 2. The van der Waals surface area contributed by atoms with E-state index in [4.69, 9.17) is 0 Å². The molecule has 1 N–H and O–H groups in total. The number of nitrogens with one attached hydrogen (secondary N) is 1. The van der Waals surface area contributed by atoms with Crippen molar-refractivity contribution in [3.63, 3.8) is 0 Å². The first-order chi connectivity index (χ1) is 13.2. The number of halogens is 4. The normalized spacial score (nSPS) is 32.7. The first kappa shape index (κ1) is 19.3. The second kappa shape index (κ2) is 7.12. The van der Waals surface area contributed by atoms with Gasteiger partial charge in [0.25, 0.3) is 0 Å². The van der Waals surface area contributed by atoms with Crippen molar-refractivity contribution < 1.29 is 22.4 Å². The average Bonchev–Trinajstić information content (AvgIpc) is 3.30. The molecule has 8 heteroatoms. The molecule has 4 nitrogen and oxygen atoms in total. The Morgan fingerprint density at radius 1 is 1.11 bits per heavy atom. The molecular formula is C20H25F4N3O. The quantitative estimate of drug-likeness (QED) is 0.762. The third kappa shape index (κ3) is 3.65. The maximum atomic E-state index is 13.6. The predicted molar refractivity (Wildman–Crippen MR) is 97.9 cm³/mol. The van der Waals surface area contributed by atoms with Crippen LogP contribution >= 0.6 is 0 Å². The maximum absolute atomic E-state index is 13.6. The van der Waals surface area contributed by atoms with Gasteiger partial charge in [-0.1, -0.05) is 0 Å². The largest absolute Gasteiger partial charge is 0.416 e. The Hall–Kier alpha value is -1.99. The highest BCUT2D eigenvalue weighted by Gasteiger charge is 2.44. The summed E-state index contributed by atoms with van der Waals surface area (Å²) in [5, 5.41) is 3.09. The lowest BCUT2D eigenvalue weighted by Gasteiger charge is -2.27. The lowest BCUT2D eigenvalue weighted by Crippen LogP contribution is -2.48. The SMILES string of the molecule is CC1C[C@H](F)CN1C(=O)N[C@H]1CC[C@@H]2CN(c3ccc(C(F)(F)F)cc3)C[C@@H]21. The Morgan fingerprint density at radius 3 is 2.43 bits per heavy atom. The van der Waals surface area contributed by atoms with Crippen LogP contribution in [0.3, 0.4) is 0 Å². The lowest BCUT2D eigenvalue weighted by molar-refractivity contribution is -0.137. The monoisotopic (exact) mass is 399 g/mol. The van der Waals surface area contributed by atoms with Gasteiger partial charge in [-0.3, -0.25) is 0 Å². The number of amides is 2.